The predicted molar refractivity (Wildman–Crippen MR) is 76.8 cm³/mol. The second-order valence-electron chi connectivity index (χ2n) is 5.66. The Bertz CT molecular complexity index is 555. The van der Waals surface area contributed by atoms with Crippen molar-refractivity contribution in [2.45, 2.75) is 39.2 Å². The molecule has 1 aromatic heterocycles. The van der Waals surface area contributed by atoms with Crippen LogP contribution in [0.25, 0.3) is 0 Å². The Labute approximate surface area is 122 Å². The minimum atomic E-state index is 0.100. The molecule has 1 aromatic rings. The van der Waals surface area contributed by atoms with E-state index in [0.717, 1.165) is 41.5 Å². The van der Waals surface area contributed by atoms with E-state index in [1.165, 1.54) is 11.3 Å². The summed E-state index contributed by atoms with van der Waals surface area (Å²) in [5, 5.41) is 3.98. The van der Waals surface area contributed by atoms with E-state index in [1.54, 1.807) is 0 Å². The molecule has 0 saturated carbocycles. The van der Waals surface area contributed by atoms with Crippen LogP contribution >= 0.6 is 11.3 Å². The van der Waals surface area contributed by atoms with E-state index in [4.69, 9.17) is 0 Å². The van der Waals surface area contributed by atoms with Gasteiger partial charge in [0.05, 0.1) is 10.7 Å². The van der Waals surface area contributed by atoms with Gasteiger partial charge in [-0.15, -0.1) is 11.3 Å². The average Bonchev–Trinajstić information content (AvgIpc) is 2.76. The number of amides is 2. The first-order valence-corrected chi connectivity index (χ1v) is 7.89. The van der Waals surface area contributed by atoms with Crippen LogP contribution in [0, 0.1) is 19.8 Å². The van der Waals surface area contributed by atoms with Crippen molar-refractivity contribution in [3.05, 3.63) is 15.6 Å². The summed E-state index contributed by atoms with van der Waals surface area (Å²) in [5.74, 6) is 0.656. The summed E-state index contributed by atoms with van der Waals surface area (Å²) in [6.07, 6.45) is 2.34. The van der Waals surface area contributed by atoms with E-state index in [-0.39, 0.29) is 17.9 Å². The summed E-state index contributed by atoms with van der Waals surface area (Å²) >= 11 is 1.47. The van der Waals surface area contributed by atoms with Gasteiger partial charge in [0.25, 0.3) is 5.91 Å². The number of nitrogens with zero attached hydrogens (tertiary/aromatic N) is 2. The largest absolute Gasteiger partial charge is 0.353 e. The summed E-state index contributed by atoms with van der Waals surface area (Å²) in [6.45, 7) is 5.29. The highest BCUT2D eigenvalue weighted by atomic mass is 32.1. The zero-order valence-corrected chi connectivity index (χ0v) is 12.6. The molecule has 108 valence electrons. The molecule has 0 aromatic carbocycles. The number of aryl methyl sites for hydroxylation is 2. The summed E-state index contributed by atoms with van der Waals surface area (Å²) in [4.78, 5) is 31.0. The summed E-state index contributed by atoms with van der Waals surface area (Å²) in [5.41, 5.74) is 0.830. The molecule has 2 atom stereocenters. The number of thiazole rings is 1. The van der Waals surface area contributed by atoms with E-state index in [0.29, 0.717) is 12.3 Å². The predicted octanol–water partition coefficient (Wildman–Crippen LogP) is 1.50. The second kappa shape index (κ2) is 5.16. The van der Waals surface area contributed by atoms with Gasteiger partial charge in [0.1, 0.15) is 4.88 Å². The number of nitrogens with one attached hydrogen (secondary N) is 1. The molecule has 5 nitrogen and oxygen atoms in total. The van der Waals surface area contributed by atoms with E-state index in [9.17, 15) is 9.59 Å². The Kier molecular flexibility index (Phi) is 3.50. The quantitative estimate of drug-likeness (QED) is 0.853. The first kappa shape index (κ1) is 13.5. The van der Waals surface area contributed by atoms with Gasteiger partial charge in [0.15, 0.2) is 0 Å². The molecule has 1 N–H and O–H groups in total. The summed E-state index contributed by atoms with van der Waals surface area (Å²) in [6, 6.07) is 0.254. The highest BCUT2D eigenvalue weighted by Crippen LogP contribution is 2.28. The minimum absolute atomic E-state index is 0.100. The second-order valence-corrected chi connectivity index (χ2v) is 6.86. The summed E-state index contributed by atoms with van der Waals surface area (Å²) in [7, 11) is 0. The molecule has 2 fully saturated rings. The van der Waals surface area contributed by atoms with Crippen LogP contribution in [0.3, 0.4) is 0 Å². The van der Waals surface area contributed by atoms with Gasteiger partial charge in [-0.2, -0.15) is 0 Å². The maximum absolute atomic E-state index is 12.6. The normalized spacial score (nSPS) is 26.1. The van der Waals surface area contributed by atoms with E-state index < -0.39 is 0 Å². The van der Waals surface area contributed by atoms with Crippen LogP contribution in [0.4, 0.5) is 0 Å². The molecule has 2 saturated heterocycles. The maximum atomic E-state index is 12.6. The third kappa shape index (κ3) is 2.44. The molecule has 0 spiro atoms. The van der Waals surface area contributed by atoms with Crippen molar-refractivity contribution in [3.63, 3.8) is 0 Å². The Morgan fingerprint density at radius 3 is 2.90 bits per heavy atom. The van der Waals surface area contributed by atoms with Gasteiger partial charge in [-0.25, -0.2) is 4.98 Å². The maximum Gasteiger partial charge on any atom is 0.265 e. The average molecular weight is 293 g/mol. The van der Waals surface area contributed by atoms with Crippen molar-refractivity contribution in [1.82, 2.24) is 15.2 Å². The fraction of sp³-hybridized carbons (Fsp3) is 0.643. The molecule has 2 aliphatic rings. The van der Waals surface area contributed by atoms with Crippen LogP contribution in [0.15, 0.2) is 0 Å². The zero-order chi connectivity index (χ0) is 14.3. The Morgan fingerprint density at radius 1 is 1.40 bits per heavy atom. The van der Waals surface area contributed by atoms with Gasteiger partial charge < -0.3 is 10.2 Å². The number of rotatable bonds is 1. The fourth-order valence-electron chi connectivity index (χ4n) is 3.17. The van der Waals surface area contributed by atoms with Gasteiger partial charge in [0.2, 0.25) is 5.91 Å². The first-order chi connectivity index (χ1) is 9.54. The van der Waals surface area contributed by atoms with Gasteiger partial charge >= 0.3 is 0 Å². The molecule has 3 heterocycles. The molecular formula is C14H19N3O2S. The highest BCUT2D eigenvalue weighted by molar-refractivity contribution is 7.13. The van der Waals surface area contributed by atoms with Gasteiger partial charge in [0, 0.05) is 25.6 Å². The van der Waals surface area contributed by atoms with Crippen LogP contribution in [0.1, 0.15) is 39.6 Å². The molecule has 0 bridgehead atoms. The Hall–Kier alpha value is -1.43. The topological polar surface area (TPSA) is 62.3 Å². The number of fused-ring (bicyclic) bond motifs is 1. The number of carbonyl (C=O) groups is 2. The molecule has 0 radical (unpaired) electrons. The lowest BCUT2D eigenvalue weighted by atomic mass is 9.85. The molecule has 0 aliphatic carbocycles. The van der Waals surface area contributed by atoms with Crippen molar-refractivity contribution >= 4 is 23.2 Å². The van der Waals surface area contributed by atoms with Gasteiger partial charge in [-0.1, -0.05) is 0 Å². The molecule has 6 heteroatoms. The van der Waals surface area contributed by atoms with Crippen LogP contribution in [0.2, 0.25) is 0 Å². The Balaban J connectivity index is 1.71. The van der Waals surface area contributed by atoms with Crippen LogP contribution < -0.4 is 5.32 Å². The lowest BCUT2D eigenvalue weighted by Gasteiger charge is -2.41. The van der Waals surface area contributed by atoms with Crippen LogP contribution in [-0.4, -0.2) is 40.8 Å². The first-order valence-electron chi connectivity index (χ1n) is 7.07. The van der Waals surface area contributed by atoms with E-state index >= 15 is 0 Å². The third-order valence-corrected chi connectivity index (χ3v) is 5.27. The minimum Gasteiger partial charge on any atom is -0.353 e. The number of hydrogen-bond donors (Lipinski definition) is 1. The molecule has 3 rings (SSSR count). The lowest BCUT2D eigenvalue weighted by molar-refractivity contribution is -0.125. The standard InChI is InChI=1S/C14H19N3O2S/c1-8-13(20-9(2)15-8)14(19)17-6-5-11-10(7-17)3-4-12(18)16-11/h10-11H,3-7H2,1-2H3,(H,16,18). The monoisotopic (exact) mass is 293 g/mol. The molecule has 2 aliphatic heterocycles. The van der Waals surface area contributed by atoms with Gasteiger partial charge in [-0.05, 0) is 32.6 Å². The number of aromatic nitrogens is 1. The number of likely N-dealkylation sites (tertiary alicyclic amines) is 1. The molecule has 2 unspecified atom stereocenters. The number of hydrogen-bond acceptors (Lipinski definition) is 4. The highest BCUT2D eigenvalue weighted by Gasteiger charge is 2.36. The number of piperidine rings is 2. The molecule has 2 amide bonds. The summed E-state index contributed by atoms with van der Waals surface area (Å²) < 4.78 is 0. The van der Waals surface area contributed by atoms with Gasteiger partial charge in [-0.3, -0.25) is 9.59 Å². The van der Waals surface area contributed by atoms with Crippen molar-refractivity contribution in [3.8, 4) is 0 Å². The zero-order valence-electron chi connectivity index (χ0n) is 11.8. The third-order valence-electron chi connectivity index (χ3n) is 4.21. The molecule has 20 heavy (non-hydrogen) atoms. The fourth-order valence-corrected chi connectivity index (χ4v) is 4.06. The Morgan fingerprint density at radius 2 is 2.20 bits per heavy atom. The van der Waals surface area contributed by atoms with Crippen molar-refractivity contribution in [2.24, 2.45) is 5.92 Å². The van der Waals surface area contributed by atoms with Crippen LogP contribution in [0.5, 0.6) is 0 Å². The molecular weight excluding hydrogens is 274 g/mol. The smallest absolute Gasteiger partial charge is 0.265 e. The van der Waals surface area contributed by atoms with Crippen LogP contribution in [-0.2, 0) is 4.79 Å². The lowest BCUT2D eigenvalue weighted by Crippen LogP contribution is -2.55. The van der Waals surface area contributed by atoms with Crippen molar-refractivity contribution < 1.29 is 9.59 Å². The van der Waals surface area contributed by atoms with Crippen molar-refractivity contribution in [2.75, 3.05) is 13.1 Å². The van der Waals surface area contributed by atoms with Crippen molar-refractivity contribution in [1.29, 1.82) is 0 Å². The van der Waals surface area contributed by atoms with E-state index in [1.807, 2.05) is 18.7 Å². The van der Waals surface area contributed by atoms with E-state index in [2.05, 4.69) is 10.3 Å². The SMILES string of the molecule is Cc1nc(C)c(C(=O)N2CCC3NC(=O)CCC3C2)s1. The number of carbonyl (C=O) groups excluding carboxylic acids is 2.